The minimum absolute atomic E-state index is 0.681. The fourth-order valence-corrected chi connectivity index (χ4v) is 3.68. The van der Waals surface area contributed by atoms with Crippen LogP contribution in [0.2, 0.25) is 0 Å². The predicted molar refractivity (Wildman–Crippen MR) is 117 cm³/mol. The van der Waals surface area contributed by atoms with E-state index in [1.54, 1.807) is 0 Å². The molecule has 0 aliphatic heterocycles. The Balaban J connectivity index is 1.84. The molecule has 0 aliphatic carbocycles. The second kappa shape index (κ2) is 16.1. The third-order valence-corrected chi connectivity index (χ3v) is 5.78. The highest BCUT2D eigenvalue weighted by molar-refractivity contribution is 5.25. The molecule has 1 rings (SSSR count). The molecule has 1 aromatic rings. The molecule has 0 amide bonds. The van der Waals surface area contributed by atoms with Crippen LogP contribution in [0.1, 0.15) is 114 Å². The molecule has 0 unspecified atom stereocenters. The van der Waals surface area contributed by atoms with Gasteiger partial charge in [0.2, 0.25) is 0 Å². The first-order valence-electron chi connectivity index (χ1n) is 11.7. The molecule has 27 heavy (non-hydrogen) atoms. The number of aryl methyl sites for hydroxylation is 2. The van der Waals surface area contributed by atoms with Gasteiger partial charge in [0.1, 0.15) is 0 Å². The zero-order valence-electron chi connectivity index (χ0n) is 18.8. The van der Waals surface area contributed by atoms with Crippen molar-refractivity contribution in [1.82, 2.24) is 0 Å². The van der Waals surface area contributed by atoms with Crippen molar-refractivity contribution < 1.29 is 9.30 Å². The molecular weight excluding hydrogens is 330 g/mol. The Kier molecular flexibility index (Phi) is 14.4. The Morgan fingerprint density at radius 1 is 0.630 bits per heavy atom. The lowest BCUT2D eigenvalue weighted by atomic mass is 10.0. The van der Waals surface area contributed by atoms with E-state index >= 15 is 0 Å². The predicted octanol–water partition coefficient (Wildman–Crippen LogP) is 7.35. The Morgan fingerprint density at radius 2 is 1.04 bits per heavy atom. The smallest absolute Gasteiger partial charge is 0.252 e. The van der Waals surface area contributed by atoms with Crippen molar-refractivity contribution in [1.29, 1.82) is 0 Å². The molecule has 0 bridgehead atoms. The van der Waals surface area contributed by atoms with Gasteiger partial charge in [-0.15, -0.1) is 0 Å². The first-order valence-corrected chi connectivity index (χ1v) is 11.7. The number of hydrogen-bond acceptors (Lipinski definition) is 1. The summed E-state index contributed by atoms with van der Waals surface area (Å²) in [5.41, 5.74) is 4.07. The number of pyridine rings is 1. The zero-order valence-corrected chi connectivity index (χ0v) is 18.8. The lowest BCUT2D eigenvalue weighted by molar-refractivity contribution is -0.733. The van der Waals surface area contributed by atoms with Gasteiger partial charge in [0.25, 0.3) is 6.73 Å². The molecule has 1 heterocycles. The monoisotopic (exact) mass is 376 g/mol. The van der Waals surface area contributed by atoms with Gasteiger partial charge in [-0.1, -0.05) is 90.4 Å². The van der Waals surface area contributed by atoms with Crippen LogP contribution in [0.25, 0.3) is 0 Å². The van der Waals surface area contributed by atoms with Gasteiger partial charge in [-0.05, 0) is 32.8 Å². The maximum atomic E-state index is 5.84. The highest BCUT2D eigenvalue weighted by atomic mass is 16.5. The number of rotatable bonds is 17. The van der Waals surface area contributed by atoms with Crippen LogP contribution in [0.4, 0.5) is 0 Å². The maximum absolute atomic E-state index is 5.84. The zero-order chi connectivity index (χ0) is 19.7. The number of nitrogens with zero attached hydrogens (tertiary/aromatic N) is 1. The number of hydrogen-bond donors (Lipinski definition) is 0. The minimum Gasteiger partial charge on any atom is -0.323 e. The Hall–Kier alpha value is -0.890. The first-order chi connectivity index (χ1) is 13.1. The van der Waals surface area contributed by atoms with E-state index in [0.29, 0.717) is 6.73 Å². The summed E-state index contributed by atoms with van der Waals surface area (Å²) in [6.07, 6.45) is 24.0. The molecule has 0 N–H and O–H groups in total. The Bertz CT molecular complexity index is 460. The Labute approximate surface area is 169 Å². The molecule has 0 radical (unpaired) electrons. The fraction of sp³-hybridized carbons (Fsp3) is 0.800. The molecule has 0 fully saturated rings. The van der Waals surface area contributed by atoms with Crippen LogP contribution in [0.5, 0.6) is 0 Å². The molecule has 0 aliphatic rings. The second-order valence-corrected chi connectivity index (χ2v) is 8.40. The maximum Gasteiger partial charge on any atom is 0.252 e. The molecule has 156 valence electrons. The van der Waals surface area contributed by atoms with Gasteiger partial charge < -0.3 is 4.74 Å². The normalized spacial score (nSPS) is 11.3. The number of ether oxygens (including phenoxy) is 1. The molecule has 0 saturated carbocycles. The minimum atomic E-state index is 0.681. The largest absolute Gasteiger partial charge is 0.323 e. The van der Waals surface area contributed by atoms with E-state index in [1.165, 1.54) is 107 Å². The van der Waals surface area contributed by atoms with Gasteiger partial charge in [0.05, 0.1) is 6.61 Å². The van der Waals surface area contributed by atoms with E-state index in [9.17, 15) is 0 Å². The van der Waals surface area contributed by atoms with Crippen molar-refractivity contribution in [2.24, 2.45) is 0 Å². The lowest BCUT2D eigenvalue weighted by Crippen LogP contribution is -2.35. The molecule has 1 aromatic heterocycles. The van der Waals surface area contributed by atoms with Crippen molar-refractivity contribution in [3.8, 4) is 0 Å². The average Bonchev–Trinajstić information content (AvgIpc) is 2.65. The van der Waals surface area contributed by atoms with Gasteiger partial charge >= 0.3 is 0 Å². The van der Waals surface area contributed by atoms with Crippen LogP contribution in [0.3, 0.4) is 0 Å². The summed E-state index contributed by atoms with van der Waals surface area (Å²) in [6.45, 7) is 10.4. The van der Waals surface area contributed by atoms with Crippen LogP contribution in [0, 0.1) is 20.8 Å². The van der Waals surface area contributed by atoms with Gasteiger partial charge in [0, 0.05) is 11.1 Å². The molecular formula is C25H46NO+. The van der Waals surface area contributed by atoms with E-state index in [2.05, 4.69) is 44.7 Å². The number of aromatic nitrogens is 1. The summed E-state index contributed by atoms with van der Waals surface area (Å²) in [6, 6.07) is 0. The van der Waals surface area contributed by atoms with E-state index in [4.69, 9.17) is 4.74 Å². The quantitative estimate of drug-likeness (QED) is 0.204. The standard InChI is InChI=1S/C25H46NO/c1-5-6-7-8-9-10-11-12-13-14-15-16-17-18-19-27-22-26-20-23(2)25(4)24(3)21-26/h20-21H,5-19,22H2,1-4H3/q+1. The van der Waals surface area contributed by atoms with Gasteiger partial charge in [-0.2, -0.15) is 4.57 Å². The average molecular weight is 377 g/mol. The highest BCUT2D eigenvalue weighted by Gasteiger charge is 2.07. The molecule has 0 saturated heterocycles. The molecule has 2 heteroatoms. The summed E-state index contributed by atoms with van der Waals surface area (Å²) in [5, 5.41) is 0. The van der Waals surface area contributed by atoms with Crippen LogP contribution >= 0.6 is 0 Å². The second-order valence-electron chi connectivity index (χ2n) is 8.40. The van der Waals surface area contributed by atoms with Crippen molar-refractivity contribution in [2.75, 3.05) is 6.61 Å². The SMILES string of the molecule is CCCCCCCCCCCCCCCCOC[n+]1cc(C)c(C)c(C)c1. The molecule has 0 aromatic carbocycles. The summed E-state index contributed by atoms with van der Waals surface area (Å²) >= 11 is 0. The topological polar surface area (TPSA) is 13.1 Å². The van der Waals surface area contributed by atoms with Crippen molar-refractivity contribution in [3.05, 3.63) is 29.1 Å². The Morgan fingerprint density at radius 3 is 1.48 bits per heavy atom. The summed E-state index contributed by atoms with van der Waals surface area (Å²) in [4.78, 5) is 0. The van der Waals surface area contributed by atoms with E-state index in [0.717, 1.165) is 6.61 Å². The van der Waals surface area contributed by atoms with E-state index < -0.39 is 0 Å². The molecule has 2 nitrogen and oxygen atoms in total. The third kappa shape index (κ3) is 12.2. The van der Waals surface area contributed by atoms with Crippen LogP contribution in [-0.2, 0) is 11.5 Å². The first kappa shape index (κ1) is 24.1. The molecule has 0 spiro atoms. The fourth-order valence-electron chi connectivity index (χ4n) is 3.68. The summed E-state index contributed by atoms with van der Waals surface area (Å²) < 4.78 is 8.01. The third-order valence-electron chi connectivity index (χ3n) is 5.78. The number of unbranched alkanes of at least 4 members (excludes halogenated alkanes) is 13. The summed E-state index contributed by atoms with van der Waals surface area (Å²) in [5.74, 6) is 0. The van der Waals surface area contributed by atoms with Gasteiger partial charge in [-0.25, -0.2) is 0 Å². The van der Waals surface area contributed by atoms with E-state index in [1.807, 2.05) is 0 Å². The van der Waals surface area contributed by atoms with Crippen molar-refractivity contribution in [3.63, 3.8) is 0 Å². The van der Waals surface area contributed by atoms with Crippen LogP contribution < -0.4 is 4.57 Å². The van der Waals surface area contributed by atoms with Gasteiger partial charge in [-0.3, -0.25) is 0 Å². The van der Waals surface area contributed by atoms with Crippen molar-refractivity contribution in [2.45, 2.75) is 124 Å². The summed E-state index contributed by atoms with van der Waals surface area (Å²) in [7, 11) is 0. The highest BCUT2D eigenvalue weighted by Crippen LogP contribution is 2.13. The van der Waals surface area contributed by atoms with Gasteiger partial charge in [0.15, 0.2) is 12.4 Å². The van der Waals surface area contributed by atoms with E-state index in [-0.39, 0.29) is 0 Å². The van der Waals surface area contributed by atoms with Crippen LogP contribution in [0.15, 0.2) is 12.4 Å². The van der Waals surface area contributed by atoms with Crippen molar-refractivity contribution >= 4 is 0 Å². The lowest BCUT2D eigenvalue weighted by Gasteiger charge is -2.05. The molecule has 0 atom stereocenters. The van der Waals surface area contributed by atoms with Crippen LogP contribution in [-0.4, -0.2) is 6.61 Å².